The van der Waals surface area contributed by atoms with Crippen LogP contribution in [0.15, 0.2) is 48.5 Å². The van der Waals surface area contributed by atoms with Crippen molar-refractivity contribution < 1.29 is 14.0 Å². The van der Waals surface area contributed by atoms with Crippen LogP contribution in [-0.4, -0.2) is 29.7 Å². The smallest absolute Gasteiger partial charge is 0.220 e. The molecule has 5 heteroatoms. The van der Waals surface area contributed by atoms with Crippen LogP contribution in [0.1, 0.15) is 47.2 Å². The van der Waals surface area contributed by atoms with E-state index < -0.39 is 0 Å². The van der Waals surface area contributed by atoms with Crippen molar-refractivity contribution in [3.05, 3.63) is 71.0 Å². The molecule has 0 radical (unpaired) electrons. The Kier molecular flexibility index (Phi) is 6.71. The van der Waals surface area contributed by atoms with Crippen LogP contribution < -0.4 is 5.32 Å². The summed E-state index contributed by atoms with van der Waals surface area (Å²) in [5.41, 5.74) is 2.76. The predicted octanol–water partition coefficient (Wildman–Crippen LogP) is 3.70. The molecule has 0 aliphatic carbocycles. The number of hydrogen-bond acceptors (Lipinski definition) is 3. The summed E-state index contributed by atoms with van der Waals surface area (Å²) in [6, 6.07) is 13.7. The van der Waals surface area contributed by atoms with Gasteiger partial charge in [0.15, 0.2) is 5.78 Å². The number of nitrogens with zero attached hydrogens (tertiary/aromatic N) is 1. The van der Waals surface area contributed by atoms with Crippen molar-refractivity contribution in [2.24, 2.45) is 0 Å². The van der Waals surface area contributed by atoms with Crippen LogP contribution in [0.2, 0.25) is 0 Å². The van der Waals surface area contributed by atoms with Crippen molar-refractivity contribution in [3.8, 4) is 0 Å². The average molecular weight is 368 g/mol. The number of likely N-dealkylation sites (tertiary alicyclic amines) is 1. The molecule has 1 heterocycles. The Labute approximate surface area is 159 Å². The monoisotopic (exact) mass is 368 g/mol. The van der Waals surface area contributed by atoms with Crippen LogP contribution in [0.3, 0.4) is 0 Å². The number of rotatable bonds is 8. The van der Waals surface area contributed by atoms with Crippen molar-refractivity contribution in [1.29, 1.82) is 0 Å². The largest absolute Gasteiger partial charge is 0.352 e. The minimum Gasteiger partial charge on any atom is -0.352 e. The number of benzene rings is 2. The molecular weight excluding hydrogens is 343 g/mol. The molecule has 2 aromatic rings. The molecule has 0 spiro atoms. The SMILES string of the molecule is O=C(CCC(=O)c1ccc(F)cc1)NCc1ccc(CN2CCCC2)cc1. The molecule has 142 valence electrons. The molecule has 4 nitrogen and oxygen atoms in total. The highest BCUT2D eigenvalue weighted by atomic mass is 19.1. The maximum absolute atomic E-state index is 12.9. The normalized spacial score (nSPS) is 14.3. The molecular formula is C22H25FN2O2. The van der Waals surface area contributed by atoms with Gasteiger partial charge in [-0.3, -0.25) is 14.5 Å². The molecule has 0 aromatic heterocycles. The molecule has 1 N–H and O–H groups in total. The minimum absolute atomic E-state index is 0.117. The molecule has 2 aromatic carbocycles. The van der Waals surface area contributed by atoms with Gasteiger partial charge in [-0.2, -0.15) is 0 Å². The minimum atomic E-state index is -0.379. The highest BCUT2D eigenvalue weighted by Gasteiger charge is 2.12. The summed E-state index contributed by atoms with van der Waals surface area (Å²) in [4.78, 5) is 26.4. The summed E-state index contributed by atoms with van der Waals surface area (Å²) >= 11 is 0. The maximum Gasteiger partial charge on any atom is 0.220 e. The Morgan fingerprint density at radius 3 is 2.19 bits per heavy atom. The van der Waals surface area contributed by atoms with E-state index in [1.165, 1.54) is 55.8 Å². The highest BCUT2D eigenvalue weighted by Crippen LogP contribution is 2.13. The van der Waals surface area contributed by atoms with E-state index in [4.69, 9.17) is 0 Å². The third-order valence-electron chi connectivity index (χ3n) is 4.86. The number of hydrogen-bond donors (Lipinski definition) is 1. The van der Waals surface area contributed by atoms with Gasteiger partial charge in [-0.15, -0.1) is 0 Å². The maximum atomic E-state index is 12.9. The standard InChI is InChI=1S/C22H25FN2O2/c23-20-9-7-19(8-10-20)21(26)11-12-22(27)24-15-17-3-5-18(6-4-17)16-25-13-1-2-14-25/h3-10H,1-2,11-16H2,(H,24,27). The van der Waals surface area contributed by atoms with Gasteiger partial charge in [-0.05, 0) is 61.3 Å². The van der Waals surface area contributed by atoms with Crippen molar-refractivity contribution in [3.63, 3.8) is 0 Å². The van der Waals surface area contributed by atoms with Crippen molar-refractivity contribution >= 4 is 11.7 Å². The Bertz CT molecular complexity index is 766. The number of Topliss-reactive ketones (excluding diaryl/α,β-unsaturated/α-hetero) is 1. The molecule has 1 amide bonds. The van der Waals surface area contributed by atoms with Gasteiger partial charge < -0.3 is 5.32 Å². The molecule has 0 bridgehead atoms. The first kappa shape index (κ1) is 19.2. The van der Waals surface area contributed by atoms with E-state index >= 15 is 0 Å². The number of amides is 1. The third-order valence-corrected chi connectivity index (χ3v) is 4.86. The zero-order chi connectivity index (χ0) is 19.1. The Balaban J connectivity index is 1.39. The molecule has 0 atom stereocenters. The molecule has 3 rings (SSSR count). The average Bonchev–Trinajstić information content (AvgIpc) is 3.19. The number of carbonyl (C=O) groups is 2. The van der Waals surface area contributed by atoms with Gasteiger partial charge in [0.2, 0.25) is 5.91 Å². The number of carbonyl (C=O) groups excluding carboxylic acids is 2. The number of ketones is 1. The van der Waals surface area contributed by atoms with Gasteiger partial charge >= 0.3 is 0 Å². The summed E-state index contributed by atoms with van der Waals surface area (Å²) in [5.74, 6) is -0.696. The van der Waals surface area contributed by atoms with Gasteiger partial charge in [0.1, 0.15) is 5.82 Å². The lowest BCUT2D eigenvalue weighted by Gasteiger charge is -2.14. The first-order valence-corrected chi connectivity index (χ1v) is 9.46. The molecule has 1 aliphatic rings. The first-order chi connectivity index (χ1) is 13.1. The topological polar surface area (TPSA) is 49.4 Å². The zero-order valence-corrected chi connectivity index (χ0v) is 15.4. The molecule has 0 unspecified atom stereocenters. The van der Waals surface area contributed by atoms with Gasteiger partial charge in [-0.25, -0.2) is 4.39 Å². The van der Waals surface area contributed by atoms with Crippen LogP contribution in [-0.2, 0) is 17.9 Å². The second-order valence-electron chi connectivity index (χ2n) is 7.01. The summed E-state index contributed by atoms with van der Waals surface area (Å²) < 4.78 is 12.9. The highest BCUT2D eigenvalue weighted by molar-refractivity contribution is 5.97. The third kappa shape index (κ3) is 6.00. The van der Waals surface area contributed by atoms with Gasteiger partial charge in [-0.1, -0.05) is 24.3 Å². The fourth-order valence-electron chi connectivity index (χ4n) is 3.26. The van der Waals surface area contributed by atoms with Crippen LogP contribution in [0.25, 0.3) is 0 Å². The fourth-order valence-corrected chi connectivity index (χ4v) is 3.26. The van der Waals surface area contributed by atoms with E-state index in [1.54, 1.807) is 0 Å². The molecule has 0 saturated carbocycles. The van der Waals surface area contributed by atoms with E-state index in [1.807, 2.05) is 12.1 Å². The zero-order valence-electron chi connectivity index (χ0n) is 15.4. The summed E-state index contributed by atoms with van der Waals surface area (Å²) in [7, 11) is 0. The van der Waals surface area contributed by atoms with Crippen LogP contribution >= 0.6 is 0 Å². The van der Waals surface area contributed by atoms with Crippen LogP contribution in [0.5, 0.6) is 0 Å². The lowest BCUT2D eigenvalue weighted by atomic mass is 10.1. The quantitative estimate of drug-likeness (QED) is 0.723. The van der Waals surface area contributed by atoms with Gasteiger partial charge in [0.05, 0.1) is 0 Å². The summed E-state index contributed by atoms with van der Waals surface area (Å²) in [5, 5.41) is 2.85. The van der Waals surface area contributed by atoms with E-state index in [0.717, 1.165) is 12.1 Å². The second kappa shape index (κ2) is 9.42. The predicted molar refractivity (Wildman–Crippen MR) is 103 cm³/mol. The molecule has 27 heavy (non-hydrogen) atoms. The Hall–Kier alpha value is -2.53. The van der Waals surface area contributed by atoms with E-state index in [-0.39, 0.29) is 30.3 Å². The molecule has 1 saturated heterocycles. The summed E-state index contributed by atoms with van der Waals surface area (Å²) in [6.07, 6.45) is 2.82. The van der Waals surface area contributed by atoms with Crippen molar-refractivity contribution in [2.45, 2.75) is 38.8 Å². The Morgan fingerprint density at radius 2 is 1.52 bits per heavy atom. The molecule has 1 fully saturated rings. The van der Waals surface area contributed by atoms with Crippen molar-refractivity contribution in [2.75, 3.05) is 13.1 Å². The lowest BCUT2D eigenvalue weighted by Crippen LogP contribution is -2.23. The fraction of sp³-hybridized carbons (Fsp3) is 0.364. The molecule has 1 aliphatic heterocycles. The lowest BCUT2D eigenvalue weighted by molar-refractivity contribution is -0.121. The number of nitrogens with one attached hydrogen (secondary N) is 1. The summed E-state index contributed by atoms with van der Waals surface area (Å²) in [6.45, 7) is 3.79. The first-order valence-electron chi connectivity index (χ1n) is 9.46. The van der Waals surface area contributed by atoms with Gasteiger partial charge in [0, 0.05) is 31.5 Å². The number of halogens is 1. The van der Waals surface area contributed by atoms with Crippen molar-refractivity contribution in [1.82, 2.24) is 10.2 Å². The van der Waals surface area contributed by atoms with E-state index in [9.17, 15) is 14.0 Å². The van der Waals surface area contributed by atoms with E-state index in [2.05, 4.69) is 22.3 Å². The Morgan fingerprint density at radius 1 is 0.889 bits per heavy atom. The van der Waals surface area contributed by atoms with Crippen LogP contribution in [0.4, 0.5) is 4.39 Å². The second-order valence-corrected chi connectivity index (χ2v) is 7.01. The van der Waals surface area contributed by atoms with Gasteiger partial charge in [0.25, 0.3) is 0 Å². The van der Waals surface area contributed by atoms with E-state index in [0.29, 0.717) is 12.1 Å². The van der Waals surface area contributed by atoms with Crippen LogP contribution in [0, 0.1) is 5.82 Å².